The Morgan fingerprint density at radius 1 is 1.37 bits per heavy atom. The van der Waals surface area contributed by atoms with Crippen molar-refractivity contribution >= 4 is 23.4 Å². The van der Waals surface area contributed by atoms with Crippen LogP contribution >= 0.6 is 11.8 Å². The molecule has 1 amide bonds. The molecule has 0 fully saturated rings. The lowest BCUT2D eigenvalue weighted by Gasteiger charge is -2.27. The third-order valence-electron chi connectivity index (χ3n) is 4.38. The van der Waals surface area contributed by atoms with Gasteiger partial charge in [-0.3, -0.25) is 14.5 Å². The molecule has 1 aromatic heterocycles. The monoisotopic (exact) mass is 388 g/mol. The number of amides is 1. The van der Waals surface area contributed by atoms with Crippen LogP contribution in [0.15, 0.2) is 34.2 Å². The molecule has 0 spiro atoms. The molecule has 2 heterocycles. The molecule has 2 N–H and O–H groups in total. The minimum absolute atomic E-state index is 0.0983. The molecular formula is C19H24N4O3S. The Hall–Kier alpha value is -2.32. The number of fused-ring (bicyclic) bond motifs is 1. The lowest BCUT2D eigenvalue weighted by atomic mass is 10.1. The standard InChI is InChI=1S/C19H24N4O3S/c1-3-9-23-10-8-16-15(11-23)18(25)22-19(21-16)27-12-17(24)20-13-4-6-14(26-2)7-5-13/h4-7H,3,8-12H2,1-2H3,(H,20,24)(H,21,22,25). The molecule has 144 valence electrons. The van der Waals surface area contributed by atoms with E-state index in [-0.39, 0.29) is 17.2 Å². The number of rotatable bonds is 7. The highest BCUT2D eigenvalue weighted by Crippen LogP contribution is 2.19. The van der Waals surface area contributed by atoms with E-state index in [4.69, 9.17) is 4.74 Å². The van der Waals surface area contributed by atoms with Crippen molar-refractivity contribution in [1.82, 2.24) is 14.9 Å². The van der Waals surface area contributed by atoms with Crippen molar-refractivity contribution in [3.63, 3.8) is 0 Å². The number of ether oxygens (including phenoxy) is 1. The van der Waals surface area contributed by atoms with Crippen LogP contribution in [0.25, 0.3) is 0 Å². The molecule has 2 aromatic rings. The molecule has 8 heteroatoms. The summed E-state index contributed by atoms with van der Waals surface area (Å²) in [6.45, 7) is 4.68. The molecule has 0 atom stereocenters. The fraction of sp³-hybridized carbons (Fsp3) is 0.421. The Morgan fingerprint density at radius 2 is 2.15 bits per heavy atom. The molecular weight excluding hydrogens is 364 g/mol. The van der Waals surface area contributed by atoms with Crippen molar-refractivity contribution in [2.45, 2.75) is 31.5 Å². The van der Waals surface area contributed by atoms with Gasteiger partial charge in [-0.05, 0) is 37.2 Å². The zero-order valence-corrected chi connectivity index (χ0v) is 16.4. The van der Waals surface area contributed by atoms with Crippen molar-refractivity contribution < 1.29 is 9.53 Å². The fourth-order valence-electron chi connectivity index (χ4n) is 3.04. The van der Waals surface area contributed by atoms with Gasteiger partial charge in [0.15, 0.2) is 5.16 Å². The van der Waals surface area contributed by atoms with E-state index >= 15 is 0 Å². The van der Waals surface area contributed by atoms with E-state index < -0.39 is 0 Å². The zero-order chi connectivity index (χ0) is 19.2. The summed E-state index contributed by atoms with van der Waals surface area (Å²) >= 11 is 1.24. The first-order chi connectivity index (χ1) is 13.1. The van der Waals surface area contributed by atoms with E-state index in [1.807, 2.05) is 0 Å². The molecule has 1 aliphatic rings. The van der Waals surface area contributed by atoms with Crippen molar-refractivity contribution in [1.29, 1.82) is 0 Å². The summed E-state index contributed by atoms with van der Waals surface area (Å²) < 4.78 is 5.09. The Labute approximate surface area is 162 Å². The zero-order valence-electron chi connectivity index (χ0n) is 15.6. The Morgan fingerprint density at radius 3 is 2.85 bits per heavy atom. The van der Waals surface area contributed by atoms with Gasteiger partial charge < -0.3 is 15.0 Å². The summed E-state index contributed by atoms with van der Waals surface area (Å²) in [6.07, 6.45) is 1.84. The van der Waals surface area contributed by atoms with Crippen LogP contribution in [0.2, 0.25) is 0 Å². The maximum Gasteiger partial charge on any atom is 0.256 e. The summed E-state index contributed by atoms with van der Waals surface area (Å²) in [7, 11) is 1.60. The largest absolute Gasteiger partial charge is 0.497 e. The number of anilines is 1. The van der Waals surface area contributed by atoms with Gasteiger partial charge in [-0.1, -0.05) is 18.7 Å². The van der Waals surface area contributed by atoms with Gasteiger partial charge in [-0.2, -0.15) is 0 Å². The highest BCUT2D eigenvalue weighted by molar-refractivity contribution is 7.99. The lowest BCUT2D eigenvalue weighted by molar-refractivity contribution is -0.113. The second kappa shape index (κ2) is 9.05. The fourth-order valence-corrected chi connectivity index (χ4v) is 3.72. The molecule has 3 rings (SSSR count). The van der Waals surface area contributed by atoms with E-state index in [1.54, 1.807) is 31.4 Å². The highest BCUT2D eigenvalue weighted by atomic mass is 32.2. The molecule has 1 aromatic carbocycles. The van der Waals surface area contributed by atoms with E-state index in [9.17, 15) is 9.59 Å². The first-order valence-corrected chi connectivity index (χ1v) is 9.98. The molecule has 7 nitrogen and oxygen atoms in total. The van der Waals surface area contributed by atoms with Crippen molar-refractivity contribution in [2.24, 2.45) is 0 Å². The van der Waals surface area contributed by atoms with Crippen LogP contribution in [0.4, 0.5) is 5.69 Å². The van der Waals surface area contributed by atoms with Gasteiger partial charge >= 0.3 is 0 Å². The van der Waals surface area contributed by atoms with E-state index in [0.717, 1.165) is 42.9 Å². The molecule has 0 saturated heterocycles. The summed E-state index contributed by atoms with van der Waals surface area (Å²) in [6, 6.07) is 7.13. The van der Waals surface area contributed by atoms with Gasteiger partial charge in [0.2, 0.25) is 5.91 Å². The second-order valence-electron chi connectivity index (χ2n) is 6.39. The van der Waals surface area contributed by atoms with Crippen LogP contribution < -0.4 is 15.6 Å². The van der Waals surface area contributed by atoms with E-state index in [1.165, 1.54) is 11.8 Å². The number of aromatic amines is 1. The number of nitrogens with one attached hydrogen (secondary N) is 2. The third kappa shape index (κ3) is 5.11. The number of aromatic nitrogens is 2. The van der Waals surface area contributed by atoms with Gasteiger partial charge in [-0.15, -0.1) is 0 Å². The number of hydrogen-bond donors (Lipinski definition) is 2. The topological polar surface area (TPSA) is 87.3 Å². The van der Waals surface area contributed by atoms with Crippen molar-refractivity contribution in [3.8, 4) is 5.75 Å². The smallest absolute Gasteiger partial charge is 0.256 e. The first-order valence-electron chi connectivity index (χ1n) is 9.00. The summed E-state index contributed by atoms with van der Waals surface area (Å²) in [5.74, 6) is 0.755. The normalized spacial score (nSPS) is 13.9. The van der Waals surface area contributed by atoms with E-state index in [2.05, 4.69) is 27.1 Å². The highest BCUT2D eigenvalue weighted by Gasteiger charge is 2.20. The number of methoxy groups -OCH3 is 1. The van der Waals surface area contributed by atoms with Gasteiger partial charge in [0.25, 0.3) is 5.56 Å². The maximum absolute atomic E-state index is 12.4. The first kappa shape index (κ1) is 19.4. The molecule has 27 heavy (non-hydrogen) atoms. The van der Waals surface area contributed by atoms with Crippen LogP contribution in [0, 0.1) is 0 Å². The van der Waals surface area contributed by atoms with Crippen molar-refractivity contribution in [3.05, 3.63) is 45.9 Å². The summed E-state index contributed by atoms with van der Waals surface area (Å²) in [5.41, 5.74) is 2.20. The number of thioether (sulfide) groups is 1. The van der Waals surface area contributed by atoms with Gasteiger partial charge in [0, 0.05) is 25.2 Å². The summed E-state index contributed by atoms with van der Waals surface area (Å²) in [4.78, 5) is 34.2. The average Bonchev–Trinajstić information content (AvgIpc) is 2.68. The predicted octanol–water partition coefficient (Wildman–Crippen LogP) is 2.28. The Bertz CT molecular complexity index is 851. The Balaban J connectivity index is 1.59. The molecule has 0 saturated carbocycles. The Kier molecular flexibility index (Phi) is 6.52. The lowest BCUT2D eigenvalue weighted by Crippen LogP contribution is -2.36. The van der Waals surface area contributed by atoms with Gasteiger partial charge in [0.05, 0.1) is 24.1 Å². The molecule has 1 aliphatic heterocycles. The van der Waals surface area contributed by atoms with Gasteiger partial charge in [0.1, 0.15) is 5.75 Å². The predicted molar refractivity (Wildman–Crippen MR) is 106 cm³/mol. The SMILES string of the molecule is CCCN1CCc2nc(SCC(=O)Nc3ccc(OC)cc3)[nH]c(=O)c2C1. The molecule has 0 radical (unpaired) electrons. The minimum Gasteiger partial charge on any atom is -0.497 e. The minimum atomic E-state index is -0.153. The number of benzene rings is 1. The quantitative estimate of drug-likeness (QED) is 0.559. The number of carbonyl (C=O) groups is 1. The summed E-state index contributed by atoms with van der Waals surface area (Å²) in [5, 5.41) is 3.31. The van der Waals surface area contributed by atoms with Crippen LogP contribution in [0.1, 0.15) is 24.6 Å². The van der Waals surface area contributed by atoms with Crippen LogP contribution in [0.3, 0.4) is 0 Å². The van der Waals surface area contributed by atoms with Crippen molar-refractivity contribution in [2.75, 3.05) is 31.3 Å². The van der Waals surface area contributed by atoms with Crippen LogP contribution in [-0.4, -0.2) is 46.7 Å². The number of H-pyrrole nitrogens is 1. The number of hydrogen-bond acceptors (Lipinski definition) is 6. The van der Waals surface area contributed by atoms with E-state index in [0.29, 0.717) is 17.4 Å². The van der Waals surface area contributed by atoms with Crippen LogP contribution in [0.5, 0.6) is 5.75 Å². The average molecular weight is 388 g/mol. The molecule has 0 aliphatic carbocycles. The number of carbonyl (C=O) groups excluding carboxylic acids is 1. The second-order valence-corrected chi connectivity index (χ2v) is 7.35. The third-order valence-corrected chi connectivity index (χ3v) is 5.25. The molecule has 0 unspecified atom stereocenters. The maximum atomic E-state index is 12.4. The molecule has 0 bridgehead atoms. The van der Waals surface area contributed by atoms with Gasteiger partial charge in [-0.25, -0.2) is 4.98 Å². The number of nitrogens with zero attached hydrogens (tertiary/aromatic N) is 2. The van der Waals surface area contributed by atoms with Crippen LogP contribution in [-0.2, 0) is 17.8 Å².